The SMILES string of the molecule is C=C1C(=C)N2C(=C)CC1C(NC(F)c1cc(OC)c(F)c(F)c1OC)C2C(c1ccccc1)c1ccccc1. The van der Waals surface area contributed by atoms with Crippen LogP contribution in [0, 0.1) is 17.6 Å². The fourth-order valence-electron chi connectivity index (χ4n) is 6.05. The Labute approximate surface area is 227 Å². The molecule has 202 valence electrons. The van der Waals surface area contributed by atoms with E-state index in [2.05, 4.69) is 54.2 Å². The average Bonchev–Trinajstić information content (AvgIpc) is 2.95. The number of benzene rings is 3. The number of halogens is 3. The van der Waals surface area contributed by atoms with Gasteiger partial charge in [0.1, 0.15) is 0 Å². The average molecular weight is 533 g/mol. The summed E-state index contributed by atoms with van der Waals surface area (Å²) in [6, 6.07) is 20.3. The van der Waals surface area contributed by atoms with Crippen LogP contribution in [0.1, 0.15) is 35.3 Å². The van der Waals surface area contributed by atoms with Gasteiger partial charge in [-0.3, -0.25) is 5.32 Å². The first kappa shape index (κ1) is 26.6. The van der Waals surface area contributed by atoms with Gasteiger partial charge in [-0.25, -0.2) is 4.39 Å². The smallest absolute Gasteiger partial charge is 0.204 e. The molecule has 3 aromatic carbocycles. The third kappa shape index (κ3) is 4.51. The molecule has 3 heterocycles. The predicted octanol–water partition coefficient (Wildman–Crippen LogP) is 7.03. The van der Waals surface area contributed by atoms with Gasteiger partial charge in [0.15, 0.2) is 17.8 Å². The molecule has 2 bridgehead atoms. The van der Waals surface area contributed by atoms with Gasteiger partial charge in [-0.2, -0.15) is 8.78 Å². The molecule has 4 atom stereocenters. The summed E-state index contributed by atoms with van der Waals surface area (Å²) >= 11 is 0. The minimum absolute atomic E-state index is 0.192. The van der Waals surface area contributed by atoms with Crippen LogP contribution in [0.3, 0.4) is 0 Å². The van der Waals surface area contributed by atoms with Crippen molar-refractivity contribution in [2.75, 3.05) is 14.2 Å². The van der Waals surface area contributed by atoms with Crippen molar-refractivity contribution >= 4 is 0 Å². The molecule has 3 aromatic rings. The van der Waals surface area contributed by atoms with Crippen molar-refractivity contribution in [2.24, 2.45) is 5.92 Å². The third-order valence-electron chi connectivity index (χ3n) is 7.86. The van der Waals surface area contributed by atoms with Crippen molar-refractivity contribution in [1.29, 1.82) is 0 Å². The first-order valence-electron chi connectivity index (χ1n) is 12.7. The number of rotatable bonds is 8. The molecule has 3 aliphatic rings. The minimum Gasteiger partial charge on any atom is -0.494 e. The molecule has 6 rings (SSSR count). The van der Waals surface area contributed by atoms with Crippen molar-refractivity contribution in [2.45, 2.75) is 30.7 Å². The summed E-state index contributed by atoms with van der Waals surface area (Å²) in [5, 5.41) is 3.10. The van der Waals surface area contributed by atoms with Crippen LogP contribution in [0.25, 0.3) is 0 Å². The van der Waals surface area contributed by atoms with Crippen LogP contribution in [-0.2, 0) is 0 Å². The van der Waals surface area contributed by atoms with E-state index >= 15 is 4.39 Å². The summed E-state index contributed by atoms with van der Waals surface area (Å²) in [6.45, 7) is 12.9. The molecule has 1 N–H and O–H groups in total. The van der Waals surface area contributed by atoms with E-state index in [0.29, 0.717) is 6.42 Å². The fraction of sp³-hybridized carbons (Fsp3) is 0.250. The predicted molar refractivity (Wildman–Crippen MR) is 146 cm³/mol. The van der Waals surface area contributed by atoms with Crippen molar-refractivity contribution in [1.82, 2.24) is 10.2 Å². The summed E-state index contributed by atoms with van der Waals surface area (Å²) in [5.41, 5.74) is 4.31. The van der Waals surface area contributed by atoms with Crippen molar-refractivity contribution < 1.29 is 22.6 Å². The Morgan fingerprint density at radius 3 is 2.03 bits per heavy atom. The van der Waals surface area contributed by atoms with E-state index in [0.717, 1.165) is 34.2 Å². The second kappa shape index (κ2) is 10.7. The first-order chi connectivity index (χ1) is 18.8. The molecule has 3 aliphatic heterocycles. The van der Waals surface area contributed by atoms with Gasteiger partial charge in [-0.05, 0) is 29.2 Å². The molecule has 3 fully saturated rings. The molecule has 7 heteroatoms. The molecule has 0 spiro atoms. The second-order valence-corrected chi connectivity index (χ2v) is 9.89. The minimum atomic E-state index is -1.90. The molecular formula is C32H31F3N2O2. The Morgan fingerprint density at radius 1 is 0.897 bits per heavy atom. The number of allylic oxidation sites excluding steroid dienone is 2. The highest BCUT2D eigenvalue weighted by Crippen LogP contribution is 2.51. The molecule has 4 unspecified atom stereocenters. The third-order valence-corrected chi connectivity index (χ3v) is 7.86. The van der Waals surface area contributed by atoms with Crippen LogP contribution < -0.4 is 14.8 Å². The van der Waals surface area contributed by atoms with E-state index < -0.39 is 35.5 Å². The largest absolute Gasteiger partial charge is 0.494 e. The number of ether oxygens (including phenoxy) is 2. The van der Waals surface area contributed by atoms with Crippen LogP contribution in [0.2, 0.25) is 0 Å². The highest BCUT2D eigenvalue weighted by Gasteiger charge is 2.51. The molecule has 0 aromatic heterocycles. The Balaban J connectivity index is 1.63. The van der Waals surface area contributed by atoms with Crippen LogP contribution in [0.4, 0.5) is 13.2 Å². The Bertz CT molecular complexity index is 1370. The highest BCUT2D eigenvalue weighted by molar-refractivity contribution is 5.48. The van der Waals surface area contributed by atoms with Crippen LogP contribution >= 0.6 is 0 Å². The van der Waals surface area contributed by atoms with E-state index in [-0.39, 0.29) is 23.4 Å². The fourth-order valence-corrected chi connectivity index (χ4v) is 6.05. The van der Waals surface area contributed by atoms with Gasteiger partial charge in [0.2, 0.25) is 11.6 Å². The lowest BCUT2D eigenvalue weighted by Gasteiger charge is -2.57. The summed E-state index contributed by atoms with van der Waals surface area (Å²) in [6.07, 6.45) is -1.34. The maximum atomic E-state index is 16.3. The Hall–Kier alpha value is -3.97. The summed E-state index contributed by atoms with van der Waals surface area (Å²) < 4.78 is 55.5. The monoisotopic (exact) mass is 532 g/mol. The molecule has 0 aliphatic carbocycles. The first-order valence-corrected chi connectivity index (χ1v) is 12.7. The number of hydrogen-bond acceptors (Lipinski definition) is 4. The standard InChI is InChI=1S/C32H31F3N2O2/c1-18-16-23-19(2)20(3)37(18)30(26(21-12-8-6-9-13-21)22-14-10-7-11-15-22)29(23)36-32(35)24-17-25(38-4)27(33)28(34)31(24)39-5/h6-15,17,23,26,29-30,32,36H,1-3,16H2,4-5H3. The lowest BCUT2D eigenvalue weighted by atomic mass is 9.67. The molecule has 0 saturated carbocycles. The van der Waals surface area contributed by atoms with Gasteiger partial charge >= 0.3 is 0 Å². The lowest BCUT2D eigenvalue weighted by Crippen LogP contribution is -2.63. The number of methoxy groups -OCH3 is 2. The summed E-state index contributed by atoms with van der Waals surface area (Å²) in [5.74, 6) is -3.87. The number of alkyl halides is 1. The van der Waals surface area contributed by atoms with E-state index in [1.807, 2.05) is 36.4 Å². The maximum absolute atomic E-state index is 16.3. The summed E-state index contributed by atoms with van der Waals surface area (Å²) in [4.78, 5) is 2.06. The van der Waals surface area contributed by atoms with Gasteiger partial charge < -0.3 is 14.4 Å². The molecule has 4 nitrogen and oxygen atoms in total. The molecule has 3 saturated heterocycles. The normalized spacial score (nSPS) is 21.4. The van der Waals surface area contributed by atoms with Gasteiger partial charge in [0.25, 0.3) is 0 Å². The van der Waals surface area contributed by atoms with Gasteiger partial charge in [0.05, 0.1) is 20.3 Å². The Morgan fingerprint density at radius 2 is 1.49 bits per heavy atom. The van der Waals surface area contributed by atoms with Gasteiger partial charge in [0, 0.05) is 34.8 Å². The van der Waals surface area contributed by atoms with E-state index in [1.54, 1.807) is 0 Å². The second-order valence-electron chi connectivity index (χ2n) is 9.89. The van der Waals surface area contributed by atoms with Gasteiger partial charge in [-0.1, -0.05) is 80.4 Å². The zero-order valence-corrected chi connectivity index (χ0v) is 22.0. The zero-order chi connectivity index (χ0) is 27.8. The van der Waals surface area contributed by atoms with Crippen molar-refractivity contribution in [3.05, 3.63) is 132 Å². The topological polar surface area (TPSA) is 33.7 Å². The van der Waals surface area contributed by atoms with Crippen LogP contribution in [0.5, 0.6) is 11.5 Å². The molecule has 0 amide bonds. The number of fused-ring (bicyclic) bond motifs is 3. The number of piperidine rings is 3. The van der Waals surface area contributed by atoms with Crippen LogP contribution in [-0.4, -0.2) is 31.2 Å². The van der Waals surface area contributed by atoms with Gasteiger partial charge in [-0.15, -0.1) is 0 Å². The molecule has 39 heavy (non-hydrogen) atoms. The number of nitrogens with one attached hydrogen (secondary N) is 1. The van der Waals surface area contributed by atoms with Crippen LogP contribution in [0.15, 0.2) is 103 Å². The molecular weight excluding hydrogens is 501 g/mol. The number of nitrogens with zero attached hydrogens (tertiary/aromatic N) is 1. The molecule has 0 radical (unpaired) electrons. The van der Waals surface area contributed by atoms with Crippen molar-refractivity contribution in [3.8, 4) is 11.5 Å². The zero-order valence-electron chi connectivity index (χ0n) is 22.0. The van der Waals surface area contributed by atoms with E-state index in [9.17, 15) is 8.78 Å². The van der Waals surface area contributed by atoms with E-state index in [4.69, 9.17) is 9.47 Å². The maximum Gasteiger partial charge on any atom is 0.204 e. The summed E-state index contributed by atoms with van der Waals surface area (Å²) in [7, 11) is 2.37. The highest BCUT2D eigenvalue weighted by atomic mass is 19.2. The van der Waals surface area contributed by atoms with Crippen molar-refractivity contribution in [3.63, 3.8) is 0 Å². The van der Waals surface area contributed by atoms with E-state index in [1.165, 1.54) is 14.2 Å². The number of hydrogen-bond donors (Lipinski definition) is 1. The lowest BCUT2D eigenvalue weighted by molar-refractivity contribution is 0.0830. The Kier molecular flexibility index (Phi) is 7.28. The quantitative estimate of drug-likeness (QED) is 0.316.